The zero-order chi connectivity index (χ0) is 22.2. The van der Waals surface area contributed by atoms with Crippen LogP contribution in [0.5, 0.6) is 23.0 Å². The Labute approximate surface area is 182 Å². The summed E-state index contributed by atoms with van der Waals surface area (Å²) in [6.07, 6.45) is 0.257. The molecule has 3 rings (SSSR count). The lowest BCUT2D eigenvalue weighted by atomic mass is 10.1. The number of rotatable bonds is 9. The molecular weight excluding hydrogens is 403 g/mol. The van der Waals surface area contributed by atoms with E-state index in [1.54, 1.807) is 51.7 Å². The third kappa shape index (κ3) is 5.79. The normalized spacial score (nSPS) is 14.3. The van der Waals surface area contributed by atoms with Crippen LogP contribution in [0.1, 0.15) is 5.56 Å². The molecular formula is C23H29FN2O5. The van der Waals surface area contributed by atoms with Crippen LogP contribution in [0.3, 0.4) is 0 Å². The van der Waals surface area contributed by atoms with Crippen LogP contribution in [0.25, 0.3) is 0 Å². The SMILES string of the molecule is COc1cc(CC(=O)N2CCN(CCOc3ccccc3F)CC2)cc(OC)c1OC. The van der Waals surface area contributed by atoms with Crippen molar-refractivity contribution in [1.82, 2.24) is 9.80 Å². The van der Waals surface area contributed by atoms with Crippen molar-refractivity contribution in [2.75, 3.05) is 60.7 Å². The monoisotopic (exact) mass is 432 g/mol. The molecule has 31 heavy (non-hydrogen) atoms. The highest BCUT2D eigenvalue weighted by atomic mass is 19.1. The second-order valence-electron chi connectivity index (χ2n) is 7.21. The van der Waals surface area contributed by atoms with Crippen LogP contribution in [0, 0.1) is 5.82 Å². The summed E-state index contributed by atoms with van der Waals surface area (Å²) in [7, 11) is 4.65. The first-order valence-corrected chi connectivity index (χ1v) is 10.2. The molecule has 0 atom stereocenters. The fraction of sp³-hybridized carbons (Fsp3) is 0.435. The van der Waals surface area contributed by atoms with E-state index in [-0.39, 0.29) is 23.9 Å². The van der Waals surface area contributed by atoms with Crippen LogP contribution >= 0.6 is 0 Å². The van der Waals surface area contributed by atoms with Crippen LogP contribution in [0.2, 0.25) is 0 Å². The summed E-state index contributed by atoms with van der Waals surface area (Å²) in [6, 6.07) is 9.99. The highest BCUT2D eigenvalue weighted by Crippen LogP contribution is 2.38. The van der Waals surface area contributed by atoms with Crippen molar-refractivity contribution in [1.29, 1.82) is 0 Å². The molecule has 0 bridgehead atoms. The lowest BCUT2D eigenvalue weighted by Gasteiger charge is -2.34. The number of ether oxygens (including phenoxy) is 4. The first-order chi connectivity index (χ1) is 15.0. The largest absolute Gasteiger partial charge is 0.493 e. The number of methoxy groups -OCH3 is 3. The van der Waals surface area contributed by atoms with E-state index in [1.165, 1.54) is 6.07 Å². The van der Waals surface area contributed by atoms with Crippen LogP contribution in [0.15, 0.2) is 36.4 Å². The number of hydrogen-bond acceptors (Lipinski definition) is 6. The maximum absolute atomic E-state index is 13.6. The molecule has 1 aliphatic rings. The zero-order valence-electron chi connectivity index (χ0n) is 18.2. The Morgan fingerprint density at radius 3 is 2.16 bits per heavy atom. The molecule has 0 saturated carbocycles. The van der Waals surface area contributed by atoms with E-state index >= 15 is 0 Å². The molecule has 0 aromatic heterocycles. The third-order valence-corrected chi connectivity index (χ3v) is 5.31. The summed E-state index contributed by atoms with van der Waals surface area (Å²) in [5.74, 6) is 1.53. The molecule has 0 aliphatic carbocycles. The third-order valence-electron chi connectivity index (χ3n) is 5.31. The average molecular weight is 432 g/mol. The number of para-hydroxylation sites is 1. The number of carbonyl (C=O) groups is 1. The van der Waals surface area contributed by atoms with Crippen molar-refractivity contribution in [2.24, 2.45) is 0 Å². The van der Waals surface area contributed by atoms with Gasteiger partial charge >= 0.3 is 0 Å². The Morgan fingerprint density at radius 1 is 0.935 bits per heavy atom. The molecule has 1 aliphatic heterocycles. The van der Waals surface area contributed by atoms with Crippen molar-refractivity contribution in [3.63, 3.8) is 0 Å². The zero-order valence-corrected chi connectivity index (χ0v) is 18.2. The Kier molecular flexibility index (Phi) is 7.94. The van der Waals surface area contributed by atoms with Gasteiger partial charge in [-0.1, -0.05) is 12.1 Å². The average Bonchev–Trinajstić information content (AvgIpc) is 2.80. The number of nitrogens with zero attached hydrogens (tertiary/aromatic N) is 2. The molecule has 0 radical (unpaired) electrons. The van der Waals surface area contributed by atoms with E-state index in [0.29, 0.717) is 43.5 Å². The predicted octanol–water partition coefficient (Wildman–Crippen LogP) is 2.62. The summed E-state index contributed by atoms with van der Waals surface area (Å²) in [5, 5.41) is 0. The molecule has 7 nitrogen and oxygen atoms in total. The van der Waals surface area contributed by atoms with E-state index < -0.39 is 0 Å². The van der Waals surface area contributed by atoms with Gasteiger partial charge in [-0.05, 0) is 29.8 Å². The lowest BCUT2D eigenvalue weighted by Crippen LogP contribution is -2.49. The van der Waals surface area contributed by atoms with Crippen molar-refractivity contribution in [3.8, 4) is 23.0 Å². The predicted molar refractivity (Wildman–Crippen MR) is 115 cm³/mol. The summed E-state index contributed by atoms with van der Waals surface area (Å²) >= 11 is 0. The first-order valence-electron chi connectivity index (χ1n) is 10.2. The maximum atomic E-state index is 13.6. The minimum Gasteiger partial charge on any atom is -0.493 e. The van der Waals surface area contributed by atoms with Gasteiger partial charge in [0.1, 0.15) is 6.61 Å². The van der Waals surface area contributed by atoms with Crippen LogP contribution in [-0.2, 0) is 11.2 Å². The summed E-state index contributed by atoms with van der Waals surface area (Å²) in [5.41, 5.74) is 0.806. The van der Waals surface area contributed by atoms with Crippen LogP contribution in [-0.4, -0.2) is 76.4 Å². The molecule has 168 valence electrons. The van der Waals surface area contributed by atoms with Crippen molar-refractivity contribution >= 4 is 5.91 Å². The minimum atomic E-state index is -0.357. The van der Waals surface area contributed by atoms with Gasteiger partial charge in [0.05, 0.1) is 27.8 Å². The van der Waals surface area contributed by atoms with Gasteiger partial charge in [0.15, 0.2) is 23.1 Å². The fourth-order valence-corrected chi connectivity index (χ4v) is 3.59. The molecule has 0 spiro atoms. The number of amides is 1. The number of hydrogen-bond donors (Lipinski definition) is 0. The topological polar surface area (TPSA) is 60.5 Å². The van der Waals surface area contributed by atoms with Crippen molar-refractivity contribution < 1.29 is 28.1 Å². The lowest BCUT2D eigenvalue weighted by molar-refractivity contribution is -0.132. The quantitative estimate of drug-likeness (QED) is 0.607. The molecule has 0 unspecified atom stereocenters. The van der Waals surface area contributed by atoms with Gasteiger partial charge in [-0.15, -0.1) is 0 Å². The fourth-order valence-electron chi connectivity index (χ4n) is 3.59. The molecule has 2 aromatic rings. The molecule has 0 N–H and O–H groups in total. The summed E-state index contributed by atoms with van der Waals surface area (Å²) in [4.78, 5) is 16.9. The molecule has 1 amide bonds. The second-order valence-corrected chi connectivity index (χ2v) is 7.21. The van der Waals surface area contributed by atoms with E-state index in [1.807, 2.05) is 4.90 Å². The summed E-state index contributed by atoms with van der Waals surface area (Å²) < 4.78 is 35.2. The second kappa shape index (κ2) is 10.9. The Morgan fingerprint density at radius 2 is 1.58 bits per heavy atom. The van der Waals surface area contributed by atoms with Gasteiger partial charge in [-0.2, -0.15) is 0 Å². The maximum Gasteiger partial charge on any atom is 0.227 e. The van der Waals surface area contributed by atoms with Crippen molar-refractivity contribution in [3.05, 3.63) is 47.8 Å². The summed E-state index contributed by atoms with van der Waals surface area (Å²) in [6.45, 7) is 3.87. The molecule has 1 heterocycles. The number of halogens is 1. The standard InChI is InChI=1S/C23H29FN2O5/c1-28-20-14-17(15-21(29-2)23(20)30-3)16-22(27)26-10-8-25(9-11-26)12-13-31-19-7-5-4-6-18(19)24/h4-7,14-15H,8-13,16H2,1-3H3. The Balaban J connectivity index is 1.48. The van der Waals surface area contributed by atoms with E-state index in [0.717, 1.165) is 18.7 Å². The van der Waals surface area contributed by atoms with Crippen LogP contribution in [0.4, 0.5) is 4.39 Å². The van der Waals surface area contributed by atoms with Crippen molar-refractivity contribution in [2.45, 2.75) is 6.42 Å². The Bertz CT molecular complexity index is 859. The van der Waals surface area contributed by atoms with E-state index in [9.17, 15) is 9.18 Å². The van der Waals surface area contributed by atoms with Crippen LogP contribution < -0.4 is 18.9 Å². The van der Waals surface area contributed by atoms with Gasteiger partial charge in [-0.25, -0.2) is 4.39 Å². The highest BCUT2D eigenvalue weighted by molar-refractivity contribution is 5.79. The minimum absolute atomic E-state index is 0.0523. The van der Waals surface area contributed by atoms with E-state index in [2.05, 4.69) is 4.90 Å². The van der Waals surface area contributed by atoms with Gasteiger partial charge in [0.25, 0.3) is 0 Å². The molecule has 8 heteroatoms. The number of benzene rings is 2. The van der Waals surface area contributed by atoms with Gasteiger partial charge < -0.3 is 23.8 Å². The first kappa shape index (κ1) is 22.7. The Hall–Kier alpha value is -3.00. The smallest absolute Gasteiger partial charge is 0.227 e. The molecule has 1 saturated heterocycles. The van der Waals surface area contributed by atoms with Gasteiger partial charge in [-0.3, -0.25) is 9.69 Å². The van der Waals surface area contributed by atoms with E-state index in [4.69, 9.17) is 18.9 Å². The van der Waals surface area contributed by atoms with Gasteiger partial charge in [0, 0.05) is 32.7 Å². The highest BCUT2D eigenvalue weighted by Gasteiger charge is 2.22. The number of piperazine rings is 1. The number of carbonyl (C=O) groups excluding carboxylic acids is 1. The van der Waals surface area contributed by atoms with Gasteiger partial charge in [0.2, 0.25) is 11.7 Å². The molecule has 2 aromatic carbocycles. The molecule has 1 fully saturated rings.